The molecule has 1 saturated carbocycles. The largest absolute Gasteiger partial charge is 0.454 e. The maximum Gasteiger partial charge on any atom is 0.247 e. The number of rotatable bonds is 4. The van der Waals surface area contributed by atoms with Gasteiger partial charge < -0.3 is 19.8 Å². The summed E-state index contributed by atoms with van der Waals surface area (Å²) in [4.78, 5) is 14.0. The number of nitrogens with one attached hydrogen (secondary N) is 2. The van der Waals surface area contributed by atoms with Crippen LogP contribution < -0.4 is 20.3 Å². The van der Waals surface area contributed by atoms with Gasteiger partial charge in [-0.1, -0.05) is 18.2 Å². The molecule has 2 heterocycles. The smallest absolute Gasteiger partial charge is 0.247 e. The van der Waals surface area contributed by atoms with Crippen molar-refractivity contribution in [3.8, 4) is 11.5 Å². The second kappa shape index (κ2) is 6.32. The van der Waals surface area contributed by atoms with Crippen LogP contribution in [0, 0.1) is 0 Å². The molecule has 5 nitrogen and oxygen atoms in total. The second-order valence-electron chi connectivity index (χ2n) is 6.66. The van der Waals surface area contributed by atoms with E-state index in [4.69, 9.17) is 9.47 Å². The second-order valence-corrected chi connectivity index (χ2v) is 6.66. The summed E-state index contributed by atoms with van der Waals surface area (Å²) in [6, 6.07) is 10.3. The van der Waals surface area contributed by atoms with Gasteiger partial charge in [-0.05, 0) is 43.7 Å². The van der Waals surface area contributed by atoms with Crippen molar-refractivity contribution in [2.75, 3.05) is 6.79 Å². The average Bonchev–Trinajstić information content (AvgIpc) is 3.24. The van der Waals surface area contributed by atoms with E-state index in [-0.39, 0.29) is 11.6 Å². The fourth-order valence-electron chi connectivity index (χ4n) is 3.85. The predicted octanol–water partition coefficient (Wildman–Crippen LogP) is 3.09. The van der Waals surface area contributed by atoms with Crippen LogP contribution >= 0.6 is 0 Å². The number of aromatic nitrogens is 1. The molecule has 1 unspecified atom stereocenters. The van der Waals surface area contributed by atoms with Gasteiger partial charge >= 0.3 is 0 Å². The molecule has 0 amide bonds. The highest BCUT2D eigenvalue weighted by Crippen LogP contribution is 2.40. The molecular formula is C19H22N2O3. The van der Waals surface area contributed by atoms with E-state index in [2.05, 4.69) is 23.3 Å². The Morgan fingerprint density at radius 3 is 2.96 bits per heavy atom. The molecule has 3 atom stereocenters. The highest BCUT2D eigenvalue weighted by Gasteiger charge is 2.28. The monoisotopic (exact) mass is 326 g/mol. The normalized spacial score (nSPS) is 23.4. The van der Waals surface area contributed by atoms with Crippen LogP contribution in [-0.2, 0) is 0 Å². The summed E-state index contributed by atoms with van der Waals surface area (Å²) in [5, 5.41) is 3.73. The summed E-state index contributed by atoms with van der Waals surface area (Å²) in [5.41, 5.74) is 2.33. The van der Waals surface area contributed by atoms with Gasteiger partial charge in [-0.2, -0.15) is 0 Å². The maximum atomic E-state index is 11.2. The van der Waals surface area contributed by atoms with E-state index >= 15 is 0 Å². The summed E-state index contributed by atoms with van der Waals surface area (Å²) in [6.07, 6.45) is 5.22. The summed E-state index contributed by atoms with van der Waals surface area (Å²) in [7, 11) is 0. The minimum Gasteiger partial charge on any atom is -0.454 e. The number of pyridine rings is 1. The van der Waals surface area contributed by atoms with Gasteiger partial charge in [-0.3, -0.25) is 4.79 Å². The van der Waals surface area contributed by atoms with Crippen LogP contribution in [0.5, 0.6) is 11.5 Å². The first-order valence-electron chi connectivity index (χ1n) is 8.54. The quantitative estimate of drug-likeness (QED) is 0.906. The van der Waals surface area contributed by atoms with Gasteiger partial charge in [0, 0.05) is 29.9 Å². The Morgan fingerprint density at radius 2 is 2.12 bits per heavy atom. The molecule has 2 aromatic rings. The Bertz CT molecular complexity index is 766. The average molecular weight is 326 g/mol. The molecular weight excluding hydrogens is 304 g/mol. The van der Waals surface area contributed by atoms with Crippen LogP contribution in [0.4, 0.5) is 0 Å². The maximum absolute atomic E-state index is 11.2. The fourth-order valence-corrected chi connectivity index (χ4v) is 3.85. The Morgan fingerprint density at radius 1 is 1.21 bits per heavy atom. The highest BCUT2D eigenvalue weighted by molar-refractivity contribution is 5.49. The lowest BCUT2D eigenvalue weighted by atomic mass is 9.99. The van der Waals surface area contributed by atoms with Crippen molar-refractivity contribution < 1.29 is 9.47 Å². The van der Waals surface area contributed by atoms with E-state index in [1.54, 1.807) is 6.07 Å². The third kappa shape index (κ3) is 2.91. The van der Waals surface area contributed by atoms with Crippen LogP contribution in [0.3, 0.4) is 0 Å². The van der Waals surface area contributed by atoms with E-state index < -0.39 is 0 Å². The third-order valence-electron chi connectivity index (χ3n) is 5.09. The Kier molecular flexibility index (Phi) is 4.02. The molecule has 1 aliphatic heterocycles. The van der Waals surface area contributed by atoms with E-state index in [9.17, 15) is 4.79 Å². The van der Waals surface area contributed by atoms with E-state index in [1.165, 1.54) is 5.56 Å². The summed E-state index contributed by atoms with van der Waals surface area (Å²) >= 11 is 0. The molecule has 24 heavy (non-hydrogen) atoms. The Labute approximate surface area is 141 Å². The molecule has 0 spiro atoms. The minimum absolute atomic E-state index is 0.0415. The first-order valence-corrected chi connectivity index (χ1v) is 8.54. The summed E-state index contributed by atoms with van der Waals surface area (Å²) < 4.78 is 11.1. The topological polar surface area (TPSA) is 63.4 Å². The van der Waals surface area contributed by atoms with Crippen molar-refractivity contribution in [1.82, 2.24) is 10.3 Å². The predicted molar refractivity (Wildman–Crippen MR) is 91.6 cm³/mol. The Hall–Kier alpha value is -2.27. The van der Waals surface area contributed by atoms with Gasteiger partial charge in [0.15, 0.2) is 11.5 Å². The molecule has 126 valence electrons. The number of hydrogen-bond acceptors (Lipinski definition) is 4. The number of benzene rings is 1. The molecule has 1 aliphatic carbocycles. The van der Waals surface area contributed by atoms with Crippen LogP contribution in [0.1, 0.15) is 49.3 Å². The summed E-state index contributed by atoms with van der Waals surface area (Å²) in [5.74, 6) is 2.21. The lowest BCUT2D eigenvalue weighted by Crippen LogP contribution is -2.29. The van der Waals surface area contributed by atoms with E-state index in [1.807, 2.05) is 24.4 Å². The zero-order valence-corrected chi connectivity index (χ0v) is 13.7. The molecule has 1 aromatic heterocycles. The fraction of sp³-hybridized carbons (Fsp3) is 0.421. The van der Waals surface area contributed by atoms with Crippen LogP contribution in [0.15, 0.2) is 41.3 Å². The first kappa shape index (κ1) is 15.3. The molecule has 1 aromatic carbocycles. The van der Waals surface area contributed by atoms with Crippen molar-refractivity contribution in [2.24, 2.45) is 0 Å². The molecule has 2 aliphatic rings. The molecule has 4 rings (SSSR count). The van der Waals surface area contributed by atoms with Crippen molar-refractivity contribution in [3.63, 3.8) is 0 Å². The van der Waals surface area contributed by atoms with Gasteiger partial charge in [0.05, 0.1) is 0 Å². The van der Waals surface area contributed by atoms with Gasteiger partial charge in [0.25, 0.3) is 0 Å². The zero-order chi connectivity index (χ0) is 16.5. The molecule has 2 N–H and O–H groups in total. The highest BCUT2D eigenvalue weighted by atomic mass is 16.7. The van der Waals surface area contributed by atoms with Crippen molar-refractivity contribution in [2.45, 2.75) is 44.2 Å². The first-order chi connectivity index (χ1) is 11.7. The van der Waals surface area contributed by atoms with Gasteiger partial charge in [0.2, 0.25) is 12.4 Å². The van der Waals surface area contributed by atoms with Crippen molar-refractivity contribution >= 4 is 0 Å². The number of aromatic amines is 1. The molecule has 0 bridgehead atoms. The van der Waals surface area contributed by atoms with E-state index in [0.717, 1.165) is 36.3 Å². The van der Waals surface area contributed by atoms with Crippen LogP contribution in [0.2, 0.25) is 0 Å². The number of hydrogen-bond donors (Lipinski definition) is 2. The summed E-state index contributed by atoms with van der Waals surface area (Å²) in [6.45, 7) is 2.47. The number of para-hydroxylation sites is 1. The molecule has 0 radical (unpaired) electrons. The van der Waals surface area contributed by atoms with Crippen LogP contribution in [0.25, 0.3) is 0 Å². The van der Waals surface area contributed by atoms with Gasteiger partial charge in [-0.15, -0.1) is 0 Å². The zero-order valence-electron chi connectivity index (χ0n) is 13.7. The SMILES string of the molecule is C[C@@H](NC1CC[C@H](c2ccc(=O)[nH]c2)C1)c1cccc2c1OCO2. The third-order valence-corrected chi connectivity index (χ3v) is 5.09. The molecule has 5 heteroatoms. The molecule has 1 fully saturated rings. The van der Waals surface area contributed by atoms with Gasteiger partial charge in [0.1, 0.15) is 0 Å². The van der Waals surface area contributed by atoms with E-state index in [0.29, 0.717) is 18.8 Å². The standard InChI is InChI=1S/C19H22N2O3/c1-12(16-3-2-4-17-19(16)24-11-23-17)21-15-7-5-13(9-15)14-6-8-18(22)20-10-14/h2-4,6,8,10,12-13,15,21H,5,7,9,11H2,1H3,(H,20,22)/t12-,13+,15?/m1/s1. The van der Waals surface area contributed by atoms with Crippen molar-refractivity contribution in [1.29, 1.82) is 0 Å². The number of fused-ring (bicyclic) bond motifs is 1. The number of H-pyrrole nitrogens is 1. The van der Waals surface area contributed by atoms with Crippen LogP contribution in [-0.4, -0.2) is 17.8 Å². The lowest BCUT2D eigenvalue weighted by molar-refractivity contribution is 0.172. The Balaban J connectivity index is 1.42. The number of ether oxygens (including phenoxy) is 2. The van der Waals surface area contributed by atoms with Gasteiger partial charge in [-0.25, -0.2) is 0 Å². The minimum atomic E-state index is -0.0415. The van der Waals surface area contributed by atoms with Crippen molar-refractivity contribution in [3.05, 3.63) is 58.0 Å². The lowest BCUT2D eigenvalue weighted by Gasteiger charge is -2.21. The molecule has 0 saturated heterocycles.